The molecular weight excluding hydrogens is 488 g/mol. The van der Waals surface area contributed by atoms with Gasteiger partial charge in [-0.2, -0.15) is 0 Å². The molecule has 4 N–H and O–H groups in total. The third-order valence-electron chi connectivity index (χ3n) is 14.0. The van der Waals surface area contributed by atoms with Gasteiger partial charge in [0, 0.05) is 18.0 Å². The van der Waals surface area contributed by atoms with Crippen LogP contribution in [0, 0.1) is 57.7 Å². The van der Waals surface area contributed by atoms with Crippen LogP contribution in [0.1, 0.15) is 124 Å². The molecule has 4 saturated carbocycles. The van der Waals surface area contributed by atoms with E-state index in [1.165, 1.54) is 70.6 Å². The number of nitrogens with two attached hydrogens (primary N) is 2. The van der Waals surface area contributed by atoms with E-state index in [1.54, 1.807) is 6.42 Å². The van der Waals surface area contributed by atoms with Gasteiger partial charge in [-0.15, -0.1) is 0 Å². The molecule has 0 saturated heterocycles. The molecule has 1 aromatic carbocycles. The molecule has 9 atom stereocenters. The van der Waals surface area contributed by atoms with Crippen LogP contribution in [-0.4, -0.2) is 13.2 Å². The first kappa shape index (κ1) is 30.2. The summed E-state index contributed by atoms with van der Waals surface area (Å²) in [5.74, 6) is 6.36. The Bertz CT molecular complexity index is 1000. The number of fused-ring (bicyclic) bond motifs is 5. The summed E-state index contributed by atoms with van der Waals surface area (Å²) in [5.41, 5.74) is 16.1. The van der Waals surface area contributed by atoms with E-state index in [-0.39, 0.29) is 0 Å². The lowest BCUT2D eigenvalue weighted by molar-refractivity contribution is -0.114. The Morgan fingerprint density at radius 1 is 0.925 bits per heavy atom. The molecule has 3 nitrogen and oxygen atoms in total. The summed E-state index contributed by atoms with van der Waals surface area (Å²) in [6, 6.07) is 5.81. The lowest BCUT2D eigenvalue weighted by Crippen LogP contribution is -2.53. The van der Waals surface area contributed by atoms with E-state index in [0.29, 0.717) is 28.8 Å². The Hall–Kier alpha value is -1.22. The van der Waals surface area contributed by atoms with E-state index in [0.717, 1.165) is 65.5 Å². The minimum absolute atomic E-state index is 0.291. The highest BCUT2D eigenvalue weighted by Crippen LogP contribution is 2.68. The average molecular weight is 551 g/mol. The van der Waals surface area contributed by atoms with Gasteiger partial charge in [-0.25, -0.2) is 0 Å². The second kappa shape index (κ2) is 11.8. The second-order valence-corrected chi connectivity index (χ2v) is 16.3. The molecule has 3 heteroatoms. The molecule has 40 heavy (non-hydrogen) atoms. The summed E-state index contributed by atoms with van der Waals surface area (Å²) in [4.78, 5) is 0. The number of hydrogen-bond donors (Lipinski definition) is 2. The van der Waals surface area contributed by atoms with Crippen molar-refractivity contribution >= 4 is 11.4 Å². The molecule has 0 bridgehead atoms. The zero-order valence-corrected chi connectivity index (χ0v) is 26.9. The number of ether oxygens (including phenoxy) is 1. The van der Waals surface area contributed by atoms with Gasteiger partial charge in [-0.3, -0.25) is 0 Å². The molecule has 0 amide bonds. The first-order valence-electron chi connectivity index (χ1n) is 17.2. The fraction of sp³-hybridized carbons (Fsp3) is 0.838. The molecule has 1 aromatic rings. The van der Waals surface area contributed by atoms with Gasteiger partial charge in [0.15, 0.2) is 0 Å². The normalized spacial score (nSPS) is 37.3. The molecule has 226 valence electrons. The first-order valence-corrected chi connectivity index (χ1v) is 17.2. The minimum Gasteiger partial charge on any atom is -0.399 e. The molecule has 0 spiro atoms. The summed E-state index contributed by atoms with van der Waals surface area (Å²) in [5, 5.41) is 0. The van der Waals surface area contributed by atoms with Gasteiger partial charge in [0.05, 0.1) is 6.61 Å². The van der Waals surface area contributed by atoms with Crippen LogP contribution >= 0.6 is 0 Å². The third kappa shape index (κ3) is 5.71. The second-order valence-electron chi connectivity index (χ2n) is 16.3. The van der Waals surface area contributed by atoms with Crippen molar-refractivity contribution in [3.63, 3.8) is 0 Å². The number of nitrogen functional groups attached to an aromatic ring is 2. The lowest BCUT2D eigenvalue weighted by Gasteiger charge is -2.61. The smallest absolute Gasteiger partial charge is 0.0507 e. The highest BCUT2D eigenvalue weighted by Gasteiger charge is 2.60. The van der Waals surface area contributed by atoms with Crippen molar-refractivity contribution in [1.29, 1.82) is 0 Å². The molecule has 0 heterocycles. The van der Waals surface area contributed by atoms with Gasteiger partial charge in [0.25, 0.3) is 0 Å². The van der Waals surface area contributed by atoms with Crippen LogP contribution in [0.4, 0.5) is 11.4 Å². The number of hydrogen-bond acceptors (Lipinski definition) is 3. The Balaban J connectivity index is 1.11. The molecule has 5 rings (SSSR count). The average Bonchev–Trinajstić information content (AvgIpc) is 3.27. The van der Waals surface area contributed by atoms with Crippen molar-refractivity contribution in [3.05, 3.63) is 23.8 Å². The zero-order chi connectivity index (χ0) is 28.7. The largest absolute Gasteiger partial charge is 0.399 e. The monoisotopic (exact) mass is 550 g/mol. The predicted molar refractivity (Wildman–Crippen MR) is 171 cm³/mol. The van der Waals surface area contributed by atoms with E-state index in [2.05, 4.69) is 41.5 Å². The van der Waals surface area contributed by atoms with Crippen molar-refractivity contribution < 1.29 is 4.74 Å². The van der Waals surface area contributed by atoms with E-state index < -0.39 is 0 Å². The van der Waals surface area contributed by atoms with Crippen LogP contribution in [0.2, 0.25) is 0 Å². The van der Waals surface area contributed by atoms with Crippen molar-refractivity contribution in [2.75, 3.05) is 24.7 Å². The summed E-state index contributed by atoms with van der Waals surface area (Å²) in [6.45, 7) is 16.9. The molecule has 0 aliphatic heterocycles. The maximum atomic E-state index is 6.17. The third-order valence-corrected chi connectivity index (χ3v) is 14.0. The number of rotatable bonds is 10. The molecule has 0 aromatic heterocycles. The Morgan fingerprint density at radius 2 is 1.70 bits per heavy atom. The summed E-state index contributed by atoms with van der Waals surface area (Å²) >= 11 is 0. The number of benzene rings is 1. The highest BCUT2D eigenvalue weighted by atomic mass is 16.5. The van der Waals surface area contributed by atoms with Gasteiger partial charge in [0.1, 0.15) is 0 Å². The van der Waals surface area contributed by atoms with Gasteiger partial charge in [-0.05, 0) is 146 Å². The molecule has 4 aliphatic rings. The molecule has 4 fully saturated rings. The van der Waals surface area contributed by atoms with E-state index >= 15 is 0 Å². The Labute approximate surface area is 247 Å². The van der Waals surface area contributed by atoms with Crippen LogP contribution in [0.15, 0.2) is 18.2 Å². The van der Waals surface area contributed by atoms with Gasteiger partial charge >= 0.3 is 0 Å². The van der Waals surface area contributed by atoms with Crippen LogP contribution in [-0.2, 0) is 11.2 Å². The van der Waals surface area contributed by atoms with Crippen molar-refractivity contribution in [2.24, 2.45) is 57.7 Å². The molecular formula is C37H62N2O. The highest BCUT2D eigenvalue weighted by molar-refractivity contribution is 5.56. The fourth-order valence-corrected chi connectivity index (χ4v) is 10.8. The fourth-order valence-electron chi connectivity index (χ4n) is 10.8. The van der Waals surface area contributed by atoms with Crippen LogP contribution in [0.3, 0.4) is 0 Å². The van der Waals surface area contributed by atoms with Crippen molar-refractivity contribution in [3.8, 4) is 0 Å². The Kier molecular flexibility index (Phi) is 8.93. The predicted octanol–water partition coefficient (Wildman–Crippen LogP) is 9.54. The molecule has 0 radical (unpaired) electrons. The van der Waals surface area contributed by atoms with Gasteiger partial charge in [-0.1, -0.05) is 60.5 Å². The molecule has 4 aliphatic carbocycles. The maximum Gasteiger partial charge on any atom is 0.0507 e. The number of anilines is 2. The molecule has 2 unspecified atom stereocenters. The maximum absolute atomic E-state index is 6.17. The van der Waals surface area contributed by atoms with E-state index in [1.807, 2.05) is 18.2 Å². The van der Waals surface area contributed by atoms with Gasteiger partial charge < -0.3 is 16.2 Å². The van der Waals surface area contributed by atoms with Crippen molar-refractivity contribution in [2.45, 2.75) is 125 Å². The Morgan fingerprint density at radius 3 is 2.48 bits per heavy atom. The van der Waals surface area contributed by atoms with Crippen LogP contribution in [0.25, 0.3) is 0 Å². The quantitative estimate of drug-likeness (QED) is 0.225. The van der Waals surface area contributed by atoms with Crippen LogP contribution < -0.4 is 11.5 Å². The van der Waals surface area contributed by atoms with E-state index in [9.17, 15) is 0 Å². The SMILES string of the molecule is CC(COCCc1ccc(N)cc1N)C(C)(C)CC[C@@H](C)[C@H]1CC[C@H]2[C@@H]3CCC4CCCC[C@]4(C)[C@H]3CC[C@]12C. The van der Waals surface area contributed by atoms with Crippen molar-refractivity contribution in [1.82, 2.24) is 0 Å². The zero-order valence-electron chi connectivity index (χ0n) is 26.9. The first-order chi connectivity index (χ1) is 19.0. The topological polar surface area (TPSA) is 61.3 Å². The van der Waals surface area contributed by atoms with Gasteiger partial charge in [0.2, 0.25) is 0 Å². The lowest BCUT2D eigenvalue weighted by atomic mass is 9.44. The van der Waals surface area contributed by atoms with E-state index in [4.69, 9.17) is 16.2 Å². The summed E-state index contributed by atoms with van der Waals surface area (Å²) < 4.78 is 6.17. The summed E-state index contributed by atoms with van der Waals surface area (Å²) in [7, 11) is 0. The van der Waals surface area contributed by atoms with Crippen LogP contribution in [0.5, 0.6) is 0 Å². The summed E-state index contributed by atoms with van der Waals surface area (Å²) in [6.07, 6.45) is 18.6. The minimum atomic E-state index is 0.291. The standard InChI is InChI=1S/C37H62N2O/c1-25(16-20-35(3,4)26(2)24-40-22-18-27-10-12-29(38)23-34(27)39)31-14-15-32-30-13-11-28-9-7-8-19-36(28,5)33(30)17-21-37(31,32)6/h10,12,23,25-26,28,30-33H,7-9,11,13-22,24,38-39H2,1-6H3/t25-,26?,28?,30+,31-,32+,33+,36+,37-/m1/s1.